The van der Waals surface area contributed by atoms with E-state index in [0.717, 1.165) is 42.7 Å². The Morgan fingerprint density at radius 2 is 2.12 bits per heavy atom. The average molecular weight is 299 g/mol. The Kier molecular flexibility index (Phi) is 4.42. The summed E-state index contributed by atoms with van der Waals surface area (Å²) in [5.74, 6) is 0.890. The average Bonchev–Trinajstić information content (AvgIpc) is 2.34. The summed E-state index contributed by atoms with van der Waals surface area (Å²) in [7, 11) is 1.69. The lowest BCUT2D eigenvalue weighted by molar-refractivity contribution is 0.205. The van der Waals surface area contributed by atoms with E-state index in [0.29, 0.717) is 6.04 Å². The molecule has 2 N–H and O–H groups in total. The number of piperidine rings is 1. The molecule has 0 aliphatic carbocycles. The summed E-state index contributed by atoms with van der Waals surface area (Å²) in [6, 6.07) is 6.55. The van der Waals surface area contributed by atoms with Crippen molar-refractivity contribution in [2.75, 3.05) is 20.2 Å². The van der Waals surface area contributed by atoms with Crippen LogP contribution in [0.3, 0.4) is 0 Å². The number of ether oxygens (including phenoxy) is 1. The van der Waals surface area contributed by atoms with Gasteiger partial charge >= 0.3 is 0 Å². The summed E-state index contributed by atoms with van der Waals surface area (Å²) in [5.41, 5.74) is 7.21. The van der Waals surface area contributed by atoms with Crippen LogP contribution in [0.4, 0.5) is 0 Å². The maximum Gasteiger partial charge on any atom is 0.120 e. The Morgan fingerprint density at radius 3 is 2.71 bits per heavy atom. The van der Waals surface area contributed by atoms with Crippen LogP contribution in [0.25, 0.3) is 0 Å². The molecule has 1 aromatic rings. The summed E-state index contributed by atoms with van der Waals surface area (Å²) < 4.78 is 6.31. The van der Waals surface area contributed by atoms with E-state index >= 15 is 0 Å². The Hall–Kier alpha value is -0.580. The maximum absolute atomic E-state index is 5.91. The molecule has 94 valence electrons. The number of nitrogens with two attached hydrogens (primary N) is 1. The van der Waals surface area contributed by atoms with Crippen LogP contribution in [0.5, 0.6) is 5.75 Å². The molecule has 1 aliphatic rings. The van der Waals surface area contributed by atoms with Crippen molar-refractivity contribution < 1.29 is 4.74 Å². The topological polar surface area (TPSA) is 38.5 Å². The molecule has 1 fully saturated rings. The molecule has 0 saturated carbocycles. The van der Waals surface area contributed by atoms with Crippen molar-refractivity contribution in [1.29, 1.82) is 0 Å². The summed E-state index contributed by atoms with van der Waals surface area (Å²) in [6.45, 7) is 3.18. The fraction of sp³-hybridized carbons (Fsp3) is 0.538. The minimum absolute atomic E-state index is 0.394. The lowest BCUT2D eigenvalue weighted by atomic mass is 10.1. The third-order valence-electron chi connectivity index (χ3n) is 3.29. The quantitative estimate of drug-likeness (QED) is 0.931. The first-order valence-corrected chi connectivity index (χ1v) is 6.78. The molecule has 1 aliphatic heterocycles. The Morgan fingerprint density at radius 1 is 1.41 bits per heavy atom. The molecule has 0 spiro atoms. The molecular formula is C13H19BrN2O. The predicted octanol–water partition coefficient (Wildman–Crippen LogP) is 2.38. The standard InChI is InChI=1S/C13H19BrN2O/c1-17-12-3-2-10(13(14)8-12)9-16-6-4-11(15)5-7-16/h2-3,8,11H,4-7,9,15H2,1H3. The van der Waals surface area contributed by atoms with Crippen molar-refractivity contribution in [2.45, 2.75) is 25.4 Å². The van der Waals surface area contributed by atoms with E-state index in [4.69, 9.17) is 10.5 Å². The number of hydrogen-bond donors (Lipinski definition) is 1. The Balaban J connectivity index is 1.99. The molecular weight excluding hydrogens is 280 g/mol. The van der Waals surface area contributed by atoms with Gasteiger partial charge in [0, 0.05) is 17.1 Å². The number of nitrogens with zero attached hydrogens (tertiary/aromatic N) is 1. The number of rotatable bonds is 3. The highest BCUT2D eigenvalue weighted by molar-refractivity contribution is 9.10. The molecule has 17 heavy (non-hydrogen) atoms. The number of hydrogen-bond acceptors (Lipinski definition) is 3. The number of halogens is 1. The molecule has 1 saturated heterocycles. The van der Waals surface area contributed by atoms with Gasteiger partial charge in [-0.25, -0.2) is 0 Å². The third kappa shape index (κ3) is 3.44. The van der Waals surface area contributed by atoms with E-state index in [-0.39, 0.29) is 0 Å². The first kappa shape index (κ1) is 12.9. The van der Waals surface area contributed by atoms with Gasteiger partial charge < -0.3 is 10.5 Å². The molecule has 0 unspecified atom stereocenters. The second-order valence-electron chi connectivity index (χ2n) is 4.57. The highest BCUT2D eigenvalue weighted by atomic mass is 79.9. The summed E-state index contributed by atoms with van der Waals surface area (Å²) in [4.78, 5) is 2.45. The highest BCUT2D eigenvalue weighted by Crippen LogP contribution is 2.24. The van der Waals surface area contributed by atoms with E-state index in [9.17, 15) is 0 Å². The number of benzene rings is 1. The molecule has 0 atom stereocenters. The zero-order valence-electron chi connectivity index (χ0n) is 10.2. The normalized spacial score (nSPS) is 18.3. The lowest BCUT2D eigenvalue weighted by Crippen LogP contribution is -2.39. The van der Waals surface area contributed by atoms with E-state index in [1.807, 2.05) is 12.1 Å². The molecule has 4 heteroatoms. The van der Waals surface area contributed by atoms with E-state index in [1.165, 1.54) is 5.56 Å². The molecule has 0 aromatic heterocycles. The molecule has 1 heterocycles. The smallest absolute Gasteiger partial charge is 0.120 e. The highest BCUT2D eigenvalue weighted by Gasteiger charge is 2.16. The van der Waals surface area contributed by atoms with Crippen molar-refractivity contribution >= 4 is 15.9 Å². The zero-order valence-corrected chi connectivity index (χ0v) is 11.7. The van der Waals surface area contributed by atoms with Gasteiger partial charge in [0.05, 0.1) is 7.11 Å². The molecule has 0 radical (unpaired) electrons. The fourth-order valence-corrected chi connectivity index (χ4v) is 2.62. The number of methoxy groups -OCH3 is 1. The van der Waals surface area contributed by atoms with E-state index < -0.39 is 0 Å². The van der Waals surface area contributed by atoms with Gasteiger partial charge in [0.25, 0.3) is 0 Å². The van der Waals surface area contributed by atoms with Crippen molar-refractivity contribution in [3.63, 3.8) is 0 Å². The minimum Gasteiger partial charge on any atom is -0.497 e. The summed E-state index contributed by atoms with van der Waals surface area (Å²) >= 11 is 3.60. The van der Waals surface area contributed by atoms with Gasteiger partial charge in [0.1, 0.15) is 5.75 Å². The van der Waals surface area contributed by atoms with Crippen molar-refractivity contribution in [3.8, 4) is 5.75 Å². The predicted molar refractivity (Wildman–Crippen MR) is 73.2 cm³/mol. The van der Waals surface area contributed by atoms with Gasteiger partial charge in [0.15, 0.2) is 0 Å². The van der Waals surface area contributed by atoms with Gasteiger partial charge in [-0.3, -0.25) is 4.90 Å². The van der Waals surface area contributed by atoms with E-state index in [2.05, 4.69) is 26.9 Å². The number of likely N-dealkylation sites (tertiary alicyclic amines) is 1. The molecule has 3 nitrogen and oxygen atoms in total. The van der Waals surface area contributed by atoms with Crippen LogP contribution in [0.2, 0.25) is 0 Å². The Bertz CT molecular complexity index is 376. The minimum atomic E-state index is 0.394. The van der Waals surface area contributed by atoms with Crippen LogP contribution < -0.4 is 10.5 Å². The third-order valence-corrected chi connectivity index (χ3v) is 4.02. The first-order chi connectivity index (χ1) is 8.19. The van der Waals surface area contributed by atoms with Crippen LogP contribution in [0, 0.1) is 0 Å². The summed E-state index contributed by atoms with van der Waals surface area (Å²) in [6.07, 6.45) is 2.21. The van der Waals surface area contributed by atoms with Gasteiger partial charge in [-0.2, -0.15) is 0 Å². The lowest BCUT2D eigenvalue weighted by Gasteiger charge is -2.30. The van der Waals surface area contributed by atoms with Crippen LogP contribution >= 0.6 is 15.9 Å². The first-order valence-electron chi connectivity index (χ1n) is 5.99. The van der Waals surface area contributed by atoms with Crippen LogP contribution in [0.15, 0.2) is 22.7 Å². The SMILES string of the molecule is COc1ccc(CN2CCC(N)CC2)c(Br)c1. The van der Waals surface area contributed by atoms with Crippen molar-refractivity contribution in [1.82, 2.24) is 4.90 Å². The maximum atomic E-state index is 5.91. The second-order valence-corrected chi connectivity index (χ2v) is 5.43. The molecule has 0 amide bonds. The fourth-order valence-electron chi connectivity index (χ4n) is 2.14. The molecule has 0 bridgehead atoms. The van der Waals surface area contributed by atoms with Crippen molar-refractivity contribution in [2.24, 2.45) is 5.73 Å². The monoisotopic (exact) mass is 298 g/mol. The molecule has 2 rings (SSSR count). The Labute approximate surface area is 111 Å². The van der Waals surface area contributed by atoms with Gasteiger partial charge in [-0.15, -0.1) is 0 Å². The second kappa shape index (κ2) is 5.85. The van der Waals surface area contributed by atoms with E-state index in [1.54, 1.807) is 7.11 Å². The molecule has 1 aromatic carbocycles. The summed E-state index contributed by atoms with van der Waals surface area (Å²) in [5, 5.41) is 0. The van der Waals surface area contributed by atoms with Crippen LogP contribution in [0.1, 0.15) is 18.4 Å². The van der Waals surface area contributed by atoms with Gasteiger partial charge in [-0.05, 0) is 43.6 Å². The largest absolute Gasteiger partial charge is 0.497 e. The van der Waals surface area contributed by atoms with Crippen LogP contribution in [-0.2, 0) is 6.54 Å². The zero-order chi connectivity index (χ0) is 12.3. The van der Waals surface area contributed by atoms with Crippen LogP contribution in [-0.4, -0.2) is 31.1 Å². The van der Waals surface area contributed by atoms with Gasteiger partial charge in [0.2, 0.25) is 0 Å². The van der Waals surface area contributed by atoms with Crippen molar-refractivity contribution in [3.05, 3.63) is 28.2 Å². The van der Waals surface area contributed by atoms with Gasteiger partial charge in [-0.1, -0.05) is 22.0 Å².